The Bertz CT molecular complexity index is 768. The number of halogens is 3. The number of amides is 1. The van der Waals surface area contributed by atoms with E-state index in [0.717, 1.165) is 4.57 Å². The van der Waals surface area contributed by atoms with Gasteiger partial charge in [0.15, 0.2) is 0 Å². The number of carbonyl (C=O) groups excluding carboxylic acids is 1. The molecule has 0 saturated carbocycles. The zero-order valence-corrected chi connectivity index (χ0v) is 13.0. The minimum atomic E-state index is -4.73. The molecular weight excluding hydrogens is 327 g/mol. The molecule has 0 saturated heterocycles. The second kappa shape index (κ2) is 6.50. The Kier molecular flexibility index (Phi) is 4.81. The molecule has 0 spiro atoms. The van der Waals surface area contributed by atoms with Crippen molar-refractivity contribution >= 4 is 22.9 Å². The minimum Gasteiger partial charge on any atom is -0.480 e. The summed E-state index contributed by atoms with van der Waals surface area (Å²) in [7, 11) is 0. The summed E-state index contributed by atoms with van der Waals surface area (Å²) >= 11 is 0. The second-order valence-corrected chi connectivity index (χ2v) is 5.64. The molecule has 1 aromatic carbocycles. The molecule has 6 nitrogen and oxygen atoms in total. The van der Waals surface area contributed by atoms with Gasteiger partial charge in [-0.15, -0.1) is 0 Å². The van der Waals surface area contributed by atoms with Crippen molar-refractivity contribution in [3.8, 4) is 0 Å². The van der Waals surface area contributed by atoms with Crippen LogP contribution in [0.3, 0.4) is 0 Å². The summed E-state index contributed by atoms with van der Waals surface area (Å²) in [5.41, 5.74) is 0.257. The number of carboxylic acids is 1. The lowest BCUT2D eigenvalue weighted by Crippen LogP contribution is -2.45. The number of nitrogens with one attached hydrogen (secondary N) is 1. The fourth-order valence-corrected chi connectivity index (χ4v) is 2.33. The number of fused-ring (bicyclic) bond motifs is 1. The molecule has 2 aromatic rings. The first kappa shape index (κ1) is 17.8. The zero-order chi connectivity index (χ0) is 18.1. The van der Waals surface area contributed by atoms with Gasteiger partial charge in [0.1, 0.15) is 12.6 Å². The van der Waals surface area contributed by atoms with Crippen LogP contribution >= 0.6 is 0 Å². The molecule has 0 aliphatic rings. The predicted molar refractivity (Wildman–Crippen MR) is 79.1 cm³/mol. The van der Waals surface area contributed by atoms with Crippen molar-refractivity contribution in [2.24, 2.45) is 5.92 Å². The summed E-state index contributed by atoms with van der Waals surface area (Å²) in [4.78, 5) is 26.7. The van der Waals surface area contributed by atoms with Gasteiger partial charge < -0.3 is 15.0 Å². The Labute approximate surface area is 135 Å². The van der Waals surface area contributed by atoms with Crippen molar-refractivity contribution in [1.82, 2.24) is 14.9 Å². The maximum atomic E-state index is 13.1. The van der Waals surface area contributed by atoms with Gasteiger partial charge in [-0.2, -0.15) is 13.2 Å². The van der Waals surface area contributed by atoms with Crippen LogP contribution in [0.1, 0.15) is 19.7 Å². The molecule has 0 aliphatic heterocycles. The molecule has 0 bridgehead atoms. The van der Waals surface area contributed by atoms with Gasteiger partial charge in [0.05, 0.1) is 11.0 Å². The van der Waals surface area contributed by atoms with Gasteiger partial charge in [-0.25, -0.2) is 9.78 Å². The lowest BCUT2D eigenvalue weighted by atomic mass is 10.1. The van der Waals surface area contributed by atoms with Crippen LogP contribution in [0, 0.1) is 5.92 Å². The number of benzene rings is 1. The molecule has 0 radical (unpaired) electrons. The van der Waals surface area contributed by atoms with Crippen LogP contribution in [0.25, 0.3) is 11.0 Å². The van der Waals surface area contributed by atoms with Crippen molar-refractivity contribution in [3.63, 3.8) is 0 Å². The highest BCUT2D eigenvalue weighted by Crippen LogP contribution is 2.31. The van der Waals surface area contributed by atoms with Crippen LogP contribution in [0.15, 0.2) is 24.3 Å². The number of aliphatic carboxylic acids is 1. The molecule has 0 aliphatic carbocycles. The number of hydrogen-bond acceptors (Lipinski definition) is 3. The minimum absolute atomic E-state index is 0.108. The highest BCUT2D eigenvalue weighted by atomic mass is 19.4. The number of nitrogens with zero attached hydrogens (tertiary/aromatic N) is 2. The largest absolute Gasteiger partial charge is 0.480 e. The molecule has 1 heterocycles. The maximum absolute atomic E-state index is 13.1. The first-order valence-corrected chi connectivity index (χ1v) is 7.16. The topological polar surface area (TPSA) is 84.2 Å². The fraction of sp³-hybridized carbons (Fsp3) is 0.400. The normalized spacial score (nSPS) is 13.2. The van der Waals surface area contributed by atoms with Crippen molar-refractivity contribution in [1.29, 1.82) is 0 Å². The summed E-state index contributed by atoms with van der Waals surface area (Å²) in [6, 6.07) is 4.72. The molecule has 24 heavy (non-hydrogen) atoms. The molecular formula is C15H16F3N3O3. The quantitative estimate of drug-likeness (QED) is 0.872. The number of carboxylic acid groups (broad SMARTS) is 1. The van der Waals surface area contributed by atoms with Crippen LogP contribution in [-0.4, -0.2) is 32.6 Å². The highest BCUT2D eigenvalue weighted by molar-refractivity contribution is 5.85. The zero-order valence-electron chi connectivity index (χ0n) is 13.0. The monoisotopic (exact) mass is 343 g/mol. The van der Waals surface area contributed by atoms with Crippen LogP contribution in [0.4, 0.5) is 13.2 Å². The molecule has 1 amide bonds. The first-order chi connectivity index (χ1) is 11.1. The molecule has 130 valence electrons. The van der Waals surface area contributed by atoms with E-state index in [1.54, 1.807) is 19.9 Å². The van der Waals surface area contributed by atoms with Gasteiger partial charge in [-0.3, -0.25) is 4.79 Å². The Morgan fingerprint density at radius 2 is 1.92 bits per heavy atom. The average molecular weight is 343 g/mol. The van der Waals surface area contributed by atoms with E-state index in [9.17, 15) is 22.8 Å². The number of imidazole rings is 1. The smallest absolute Gasteiger partial charge is 0.449 e. The highest BCUT2D eigenvalue weighted by Gasteiger charge is 2.38. The third-order valence-electron chi connectivity index (χ3n) is 3.46. The maximum Gasteiger partial charge on any atom is 0.449 e. The van der Waals surface area contributed by atoms with Gasteiger partial charge in [0.2, 0.25) is 11.7 Å². The summed E-state index contributed by atoms with van der Waals surface area (Å²) in [5.74, 6) is -3.68. The van der Waals surface area contributed by atoms with Gasteiger partial charge in [-0.1, -0.05) is 26.0 Å². The SMILES string of the molecule is CC(C)C(NC(=O)Cn1c(C(F)(F)F)nc2ccccc21)C(=O)O. The number of para-hydroxylation sites is 2. The Morgan fingerprint density at radius 3 is 2.46 bits per heavy atom. The van der Waals surface area contributed by atoms with E-state index in [-0.39, 0.29) is 11.0 Å². The standard InChI is InChI=1S/C15H16F3N3O3/c1-8(2)12(13(23)24)20-11(22)7-21-10-6-4-3-5-9(10)19-14(21)15(16,17)18/h3-6,8,12H,7H2,1-2H3,(H,20,22)(H,23,24). The Hall–Kier alpha value is -2.58. The Morgan fingerprint density at radius 1 is 1.29 bits per heavy atom. The van der Waals surface area contributed by atoms with E-state index >= 15 is 0 Å². The van der Waals surface area contributed by atoms with E-state index in [2.05, 4.69) is 10.3 Å². The molecule has 9 heteroatoms. The molecule has 1 aromatic heterocycles. The van der Waals surface area contributed by atoms with Gasteiger partial charge >= 0.3 is 12.1 Å². The molecule has 0 fully saturated rings. The van der Waals surface area contributed by atoms with Gasteiger partial charge in [0.25, 0.3) is 0 Å². The van der Waals surface area contributed by atoms with Gasteiger partial charge in [-0.05, 0) is 18.1 Å². The fourth-order valence-electron chi connectivity index (χ4n) is 2.33. The summed E-state index contributed by atoms with van der Waals surface area (Å²) in [6.45, 7) is 2.51. The molecule has 1 atom stereocenters. The number of hydrogen-bond donors (Lipinski definition) is 2. The second-order valence-electron chi connectivity index (χ2n) is 5.64. The lowest BCUT2D eigenvalue weighted by Gasteiger charge is -2.19. The molecule has 2 rings (SSSR count). The van der Waals surface area contributed by atoms with Crippen LogP contribution in [-0.2, 0) is 22.3 Å². The van der Waals surface area contributed by atoms with E-state index in [1.165, 1.54) is 18.2 Å². The third kappa shape index (κ3) is 3.66. The molecule has 2 N–H and O–H groups in total. The third-order valence-corrected chi connectivity index (χ3v) is 3.46. The van der Waals surface area contributed by atoms with Crippen molar-refractivity contribution < 1.29 is 27.9 Å². The van der Waals surface area contributed by atoms with E-state index in [0.29, 0.717) is 0 Å². The van der Waals surface area contributed by atoms with E-state index in [4.69, 9.17) is 5.11 Å². The van der Waals surface area contributed by atoms with Crippen LogP contribution in [0.5, 0.6) is 0 Å². The predicted octanol–water partition coefficient (Wildman–Crippen LogP) is 2.28. The summed E-state index contributed by atoms with van der Waals surface area (Å²) in [5, 5.41) is 11.3. The lowest BCUT2D eigenvalue weighted by molar-refractivity contribution is -0.148. The summed E-state index contributed by atoms with van der Waals surface area (Å²) < 4.78 is 40.2. The van der Waals surface area contributed by atoms with Crippen LogP contribution < -0.4 is 5.32 Å². The average Bonchev–Trinajstić information content (AvgIpc) is 2.83. The summed E-state index contributed by atoms with van der Waals surface area (Å²) in [6.07, 6.45) is -4.73. The van der Waals surface area contributed by atoms with Crippen molar-refractivity contribution in [2.45, 2.75) is 32.6 Å². The molecule has 1 unspecified atom stereocenters. The number of aromatic nitrogens is 2. The van der Waals surface area contributed by atoms with E-state index in [1.807, 2.05) is 0 Å². The van der Waals surface area contributed by atoms with Crippen LogP contribution in [0.2, 0.25) is 0 Å². The van der Waals surface area contributed by atoms with E-state index < -0.39 is 42.4 Å². The van der Waals surface area contributed by atoms with Crippen molar-refractivity contribution in [3.05, 3.63) is 30.1 Å². The van der Waals surface area contributed by atoms with Crippen molar-refractivity contribution in [2.75, 3.05) is 0 Å². The number of alkyl halides is 3. The first-order valence-electron chi connectivity index (χ1n) is 7.16. The number of carbonyl (C=O) groups is 2. The number of rotatable bonds is 5. The Balaban J connectivity index is 2.35. The van der Waals surface area contributed by atoms with Gasteiger partial charge in [0, 0.05) is 0 Å².